The van der Waals surface area contributed by atoms with Crippen LogP contribution in [-0.2, 0) is 31.9 Å². The highest BCUT2D eigenvalue weighted by atomic mass is 16.7. The zero-order valence-corrected chi connectivity index (χ0v) is 24.4. The molecular weight excluding hydrogens is 522 g/mol. The lowest BCUT2D eigenvalue weighted by Crippen LogP contribution is -2.33. The number of aromatic nitrogens is 1. The maximum absolute atomic E-state index is 13.5. The summed E-state index contributed by atoms with van der Waals surface area (Å²) in [6.07, 6.45) is 2.39. The molecule has 0 saturated carbocycles. The minimum Gasteiger partial charge on any atom is -0.493 e. The maximum atomic E-state index is 13.5. The van der Waals surface area contributed by atoms with Gasteiger partial charge in [-0.05, 0) is 36.8 Å². The summed E-state index contributed by atoms with van der Waals surface area (Å²) in [6, 6.07) is 21.8. The molecule has 0 spiro atoms. The highest BCUT2D eigenvalue weighted by molar-refractivity contribution is 5.99. The molecule has 0 radical (unpaired) electrons. The molecule has 0 aliphatic carbocycles. The monoisotopic (exact) mass is 561 g/mol. The number of hydrogen-bond donors (Lipinski definition) is 0. The van der Waals surface area contributed by atoms with Gasteiger partial charge in [0.25, 0.3) is 0 Å². The van der Waals surface area contributed by atoms with Crippen LogP contribution >= 0.6 is 0 Å². The number of ketones is 1. The average molecular weight is 562 g/mol. The van der Waals surface area contributed by atoms with Crippen molar-refractivity contribution in [3.63, 3.8) is 0 Å². The second-order valence-electron chi connectivity index (χ2n) is 10.3. The summed E-state index contributed by atoms with van der Waals surface area (Å²) in [6.45, 7) is 6.52. The minimum absolute atomic E-state index is 0.00553. The third-order valence-corrected chi connectivity index (χ3v) is 6.98. The van der Waals surface area contributed by atoms with Crippen LogP contribution in [0.4, 0.5) is 0 Å². The molecule has 3 rings (SSSR count). The van der Waals surface area contributed by atoms with Gasteiger partial charge in [0.05, 0.1) is 13.0 Å². The first kappa shape index (κ1) is 31.3. The van der Waals surface area contributed by atoms with Gasteiger partial charge in [-0.2, -0.15) is 0 Å². The molecule has 2 atom stereocenters. The van der Waals surface area contributed by atoms with Crippen molar-refractivity contribution < 1.29 is 33.3 Å². The van der Waals surface area contributed by atoms with Crippen molar-refractivity contribution in [3.05, 3.63) is 89.7 Å². The summed E-state index contributed by atoms with van der Waals surface area (Å²) >= 11 is 0. The number of pyridine rings is 1. The molecule has 1 unspecified atom stereocenters. The Balaban J connectivity index is 1.77. The minimum atomic E-state index is -0.701. The van der Waals surface area contributed by atoms with Crippen LogP contribution in [-0.4, -0.2) is 42.7 Å². The fraction of sp³-hybridized carbons (Fsp3) is 0.394. The third kappa shape index (κ3) is 9.45. The Labute approximate surface area is 242 Å². The number of benzene rings is 2. The van der Waals surface area contributed by atoms with Gasteiger partial charge in [0, 0.05) is 31.5 Å². The van der Waals surface area contributed by atoms with Gasteiger partial charge in [-0.3, -0.25) is 14.4 Å². The van der Waals surface area contributed by atoms with E-state index in [1.54, 1.807) is 0 Å². The number of carbonyl (C=O) groups is 3. The van der Waals surface area contributed by atoms with Gasteiger partial charge in [0.15, 0.2) is 23.0 Å². The lowest BCUT2D eigenvalue weighted by Gasteiger charge is -2.27. The second-order valence-corrected chi connectivity index (χ2v) is 10.3. The molecular formula is C33H39NO7. The van der Waals surface area contributed by atoms with Crippen LogP contribution in [0.2, 0.25) is 0 Å². The van der Waals surface area contributed by atoms with Gasteiger partial charge < -0.3 is 18.9 Å². The molecule has 0 saturated heterocycles. The molecule has 0 bridgehead atoms. The highest BCUT2D eigenvalue weighted by Gasteiger charge is 2.32. The van der Waals surface area contributed by atoms with E-state index in [-0.39, 0.29) is 35.4 Å². The first-order valence-electron chi connectivity index (χ1n) is 13.8. The number of hydrogen-bond acceptors (Lipinski definition) is 8. The van der Waals surface area contributed by atoms with Crippen LogP contribution in [0.5, 0.6) is 11.5 Å². The maximum Gasteiger partial charge on any atom is 0.309 e. The van der Waals surface area contributed by atoms with E-state index >= 15 is 0 Å². The van der Waals surface area contributed by atoms with E-state index < -0.39 is 36.5 Å². The molecule has 2 aromatic carbocycles. The zero-order valence-electron chi connectivity index (χ0n) is 24.4. The van der Waals surface area contributed by atoms with Gasteiger partial charge in [0.2, 0.25) is 6.79 Å². The predicted molar refractivity (Wildman–Crippen MR) is 155 cm³/mol. The van der Waals surface area contributed by atoms with Gasteiger partial charge >= 0.3 is 11.9 Å². The lowest BCUT2D eigenvalue weighted by molar-refractivity contribution is -0.157. The summed E-state index contributed by atoms with van der Waals surface area (Å²) in [5.74, 6) is -1.89. The summed E-state index contributed by atoms with van der Waals surface area (Å²) < 4.78 is 21.8. The Hall–Kier alpha value is -4.20. The Morgan fingerprint density at radius 2 is 1.44 bits per heavy atom. The standard InChI is InChI=1S/C33H39NO7/c1-22(2)28(20-29(36)31-32(40-21-39-24(4)35)30(38-5)16-17-34-31)33(37)41-23(3)27(18-25-12-8-6-9-13-25)19-26-14-10-7-11-15-26/h6-17,22-23,27-28H,18-21H2,1-5H3/t23?,28-/m0/s1. The van der Waals surface area contributed by atoms with E-state index in [0.717, 1.165) is 24.0 Å². The lowest BCUT2D eigenvalue weighted by atomic mass is 9.87. The molecule has 3 aromatic rings. The Kier molecular flexibility index (Phi) is 11.9. The van der Waals surface area contributed by atoms with Gasteiger partial charge in [0.1, 0.15) is 6.10 Å². The SMILES string of the molecule is COc1ccnc(C(=O)C[C@H](C(=O)OC(C)C(Cc2ccccc2)Cc2ccccc2)C(C)C)c1OCOC(C)=O. The molecule has 0 amide bonds. The van der Waals surface area contributed by atoms with Gasteiger partial charge in [-0.15, -0.1) is 0 Å². The van der Waals surface area contributed by atoms with E-state index in [1.807, 2.05) is 57.2 Å². The van der Waals surface area contributed by atoms with Crippen molar-refractivity contribution in [3.8, 4) is 11.5 Å². The normalized spacial score (nSPS) is 12.5. The Morgan fingerprint density at radius 1 is 0.854 bits per heavy atom. The molecule has 218 valence electrons. The molecule has 8 nitrogen and oxygen atoms in total. The van der Waals surface area contributed by atoms with Crippen molar-refractivity contribution in [2.24, 2.45) is 17.8 Å². The Bertz CT molecular complexity index is 1240. The largest absolute Gasteiger partial charge is 0.493 e. The summed E-state index contributed by atoms with van der Waals surface area (Å²) in [5, 5.41) is 0. The molecule has 0 N–H and O–H groups in total. The van der Waals surface area contributed by atoms with Crippen LogP contribution < -0.4 is 9.47 Å². The van der Waals surface area contributed by atoms with Gasteiger partial charge in [-0.25, -0.2) is 4.98 Å². The summed E-state index contributed by atoms with van der Waals surface area (Å²) in [7, 11) is 1.43. The van der Waals surface area contributed by atoms with Crippen LogP contribution in [0.1, 0.15) is 55.7 Å². The van der Waals surface area contributed by atoms with E-state index in [1.165, 1.54) is 26.3 Å². The van der Waals surface area contributed by atoms with Crippen molar-refractivity contribution >= 4 is 17.7 Å². The van der Waals surface area contributed by atoms with E-state index in [0.29, 0.717) is 0 Å². The number of Topliss-reactive ketones (excluding diaryl/α,β-unsaturated/α-hetero) is 1. The zero-order chi connectivity index (χ0) is 29.8. The Morgan fingerprint density at radius 3 is 1.95 bits per heavy atom. The molecule has 0 fully saturated rings. The number of carbonyl (C=O) groups excluding carboxylic acids is 3. The third-order valence-electron chi connectivity index (χ3n) is 6.98. The smallest absolute Gasteiger partial charge is 0.309 e. The second kappa shape index (κ2) is 15.6. The van der Waals surface area contributed by atoms with Crippen molar-refractivity contribution in [2.45, 2.75) is 53.1 Å². The van der Waals surface area contributed by atoms with Crippen LogP contribution in [0.3, 0.4) is 0 Å². The molecule has 0 aliphatic heterocycles. The quantitative estimate of drug-likeness (QED) is 0.129. The first-order valence-corrected chi connectivity index (χ1v) is 13.8. The molecule has 0 aliphatic rings. The number of esters is 2. The van der Waals surface area contributed by atoms with Crippen LogP contribution in [0, 0.1) is 17.8 Å². The van der Waals surface area contributed by atoms with Crippen LogP contribution in [0.25, 0.3) is 0 Å². The van der Waals surface area contributed by atoms with Crippen LogP contribution in [0.15, 0.2) is 72.9 Å². The van der Waals surface area contributed by atoms with E-state index in [9.17, 15) is 14.4 Å². The fourth-order valence-corrected chi connectivity index (χ4v) is 4.59. The molecule has 1 heterocycles. The number of ether oxygens (including phenoxy) is 4. The topological polar surface area (TPSA) is 101 Å². The first-order chi connectivity index (χ1) is 19.7. The van der Waals surface area contributed by atoms with E-state index in [2.05, 4.69) is 29.2 Å². The summed E-state index contributed by atoms with van der Waals surface area (Å²) in [4.78, 5) is 42.3. The average Bonchev–Trinajstić information content (AvgIpc) is 2.96. The number of rotatable bonds is 15. The molecule has 1 aromatic heterocycles. The molecule has 41 heavy (non-hydrogen) atoms. The number of nitrogens with zero attached hydrogens (tertiary/aromatic N) is 1. The fourth-order valence-electron chi connectivity index (χ4n) is 4.59. The predicted octanol–water partition coefficient (Wildman–Crippen LogP) is 5.87. The summed E-state index contributed by atoms with van der Waals surface area (Å²) in [5.41, 5.74) is 2.32. The van der Waals surface area contributed by atoms with Gasteiger partial charge in [-0.1, -0.05) is 74.5 Å². The number of methoxy groups -OCH3 is 1. The molecule has 8 heteroatoms. The van der Waals surface area contributed by atoms with Crippen molar-refractivity contribution in [1.29, 1.82) is 0 Å². The van der Waals surface area contributed by atoms with Crippen molar-refractivity contribution in [1.82, 2.24) is 4.98 Å². The highest BCUT2D eigenvalue weighted by Crippen LogP contribution is 2.32. The van der Waals surface area contributed by atoms with Crippen molar-refractivity contribution in [2.75, 3.05) is 13.9 Å². The van der Waals surface area contributed by atoms with E-state index in [4.69, 9.17) is 18.9 Å².